The molecule has 19 heavy (non-hydrogen) atoms. The normalized spacial score (nSPS) is 27.5. The predicted octanol–water partition coefficient (Wildman–Crippen LogP) is 1.83. The summed E-state index contributed by atoms with van der Waals surface area (Å²) in [5.74, 6) is 0.0963. The van der Waals surface area contributed by atoms with Crippen LogP contribution in [-0.4, -0.2) is 41.0 Å². The van der Waals surface area contributed by atoms with E-state index in [1.54, 1.807) is 6.20 Å². The number of carbonyl (C=O) groups is 1. The van der Waals surface area contributed by atoms with Crippen LogP contribution in [0, 0.1) is 0 Å². The zero-order chi connectivity index (χ0) is 13.1. The van der Waals surface area contributed by atoms with E-state index in [1.165, 1.54) is 19.3 Å². The minimum Gasteiger partial charge on any atom is -0.333 e. The van der Waals surface area contributed by atoms with Gasteiger partial charge in [-0.05, 0) is 50.8 Å². The predicted molar refractivity (Wildman–Crippen MR) is 73.9 cm³/mol. The molecule has 2 aliphatic rings. The van der Waals surface area contributed by atoms with Crippen LogP contribution >= 0.6 is 0 Å². The van der Waals surface area contributed by atoms with Gasteiger partial charge in [0.15, 0.2) is 0 Å². The van der Waals surface area contributed by atoms with Crippen LogP contribution < -0.4 is 5.32 Å². The standard InChI is InChI=1S/C15H21N3O/c19-15(13-6-1-3-9-17-13)18-11-4-2-8-14(18)12-7-5-10-16-12/h1,3,6,9,12,14,16H,2,4-5,7-8,10-11H2. The molecule has 0 bridgehead atoms. The minimum atomic E-state index is 0.0963. The molecule has 4 nitrogen and oxygen atoms in total. The van der Waals surface area contributed by atoms with Gasteiger partial charge in [-0.3, -0.25) is 9.78 Å². The van der Waals surface area contributed by atoms with Crippen molar-refractivity contribution in [2.24, 2.45) is 0 Å². The van der Waals surface area contributed by atoms with Gasteiger partial charge in [0.1, 0.15) is 5.69 Å². The van der Waals surface area contributed by atoms with Gasteiger partial charge in [0, 0.05) is 24.8 Å². The third-order valence-corrected chi connectivity index (χ3v) is 4.26. The lowest BCUT2D eigenvalue weighted by atomic mass is 9.94. The van der Waals surface area contributed by atoms with Gasteiger partial charge in [0.2, 0.25) is 0 Å². The monoisotopic (exact) mass is 259 g/mol. The van der Waals surface area contributed by atoms with E-state index in [4.69, 9.17) is 0 Å². The van der Waals surface area contributed by atoms with Crippen molar-refractivity contribution in [3.05, 3.63) is 30.1 Å². The maximum atomic E-state index is 12.6. The number of nitrogens with zero attached hydrogens (tertiary/aromatic N) is 2. The van der Waals surface area contributed by atoms with Crippen molar-refractivity contribution >= 4 is 5.91 Å². The first-order chi connectivity index (χ1) is 9.36. The van der Waals surface area contributed by atoms with Gasteiger partial charge in [0.05, 0.1) is 0 Å². The fraction of sp³-hybridized carbons (Fsp3) is 0.600. The molecule has 0 aromatic carbocycles. The molecule has 3 heterocycles. The molecule has 1 aromatic heterocycles. The average Bonchev–Trinajstić information content (AvgIpc) is 3.01. The van der Waals surface area contributed by atoms with E-state index in [1.807, 2.05) is 18.2 Å². The SMILES string of the molecule is O=C(c1ccccn1)N1CCCCC1C1CCCN1. The molecule has 2 saturated heterocycles. The largest absolute Gasteiger partial charge is 0.333 e. The second-order valence-corrected chi connectivity index (χ2v) is 5.48. The average molecular weight is 259 g/mol. The molecule has 102 valence electrons. The van der Waals surface area contributed by atoms with Crippen LogP contribution in [-0.2, 0) is 0 Å². The summed E-state index contributed by atoms with van der Waals surface area (Å²) in [5, 5.41) is 3.55. The molecule has 1 N–H and O–H groups in total. The van der Waals surface area contributed by atoms with Gasteiger partial charge in [-0.15, -0.1) is 0 Å². The van der Waals surface area contributed by atoms with Crippen molar-refractivity contribution in [3.63, 3.8) is 0 Å². The van der Waals surface area contributed by atoms with Gasteiger partial charge in [-0.2, -0.15) is 0 Å². The number of nitrogens with one attached hydrogen (secondary N) is 1. The van der Waals surface area contributed by atoms with E-state index in [-0.39, 0.29) is 5.91 Å². The van der Waals surface area contributed by atoms with E-state index in [0.29, 0.717) is 17.8 Å². The van der Waals surface area contributed by atoms with Gasteiger partial charge < -0.3 is 10.2 Å². The van der Waals surface area contributed by atoms with Crippen molar-refractivity contribution in [2.45, 2.75) is 44.2 Å². The van der Waals surface area contributed by atoms with Crippen LogP contribution in [0.3, 0.4) is 0 Å². The second kappa shape index (κ2) is 5.70. The third kappa shape index (κ3) is 2.63. The first-order valence-electron chi connectivity index (χ1n) is 7.31. The molecular weight excluding hydrogens is 238 g/mol. The highest BCUT2D eigenvalue weighted by Crippen LogP contribution is 2.25. The zero-order valence-corrected chi connectivity index (χ0v) is 11.2. The topological polar surface area (TPSA) is 45.2 Å². The van der Waals surface area contributed by atoms with Crippen molar-refractivity contribution in [1.29, 1.82) is 0 Å². The summed E-state index contributed by atoms with van der Waals surface area (Å²) in [6.07, 6.45) is 7.58. The Kier molecular flexibility index (Phi) is 3.78. The van der Waals surface area contributed by atoms with E-state index in [2.05, 4.69) is 15.2 Å². The van der Waals surface area contributed by atoms with E-state index in [9.17, 15) is 4.79 Å². The molecule has 0 aliphatic carbocycles. The van der Waals surface area contributed by atoms with Crippen LogP contribution in [0.1, 0.15) is 42.6 Å². The lowest BCUT2D eigenvalue weighted by molar-refractivity contribution is 0.0557. The highest BCUT2D eigenvalue weighted by Gasteiger charge is 2.34. The molecular formula is C15H21N3O. The maximum Gasteiger partial charge on any atom is 0.272 e. The number of amides is 1. The Balaban J connectivity index is 1.78. The Bertz CT molecular complexity index is 428. The Hall–Kier alpha value is -1.42. The van der Waals surface area contributed by atoms with Gasteiger partial charge >= 0.3 is 0 Å². The molecule has 1 aromatic rings. The lowest BCUT2D eigenvalue weighted by Crippen LogP contribution is -2.52. The van der Waals surface area contributed by atoms with Crippen molar-refractivity contribution in [3.8, 4) is 0 Å². The van der Waals surface area contributed by atoms with Gasteiger partial charge in [0.25, 0.3) is 5.91 Å². The van der Waals surface area contributed by atoms with E-state index >= 15 is 0 Å². The van der Waals surface area contributed by atoms with Crippen LogP contribution in [0.15, 0.2) is 24.4 Å². The van der Waals surface area contributed by atoms with E-state index in [0.717, 1.165) is 25.9 Å². The number of hydrogen-bond acceptors (Lipinski definition) is 3. The van der Waals surface area contributed by atoms with Gasteiger partial charge in [-0.1, -0.05) is 6.07 Å². The summed E-state index contributed by atoms with van der Waals surface area (Å²) in [7, 11) is 0. The van der Waals surface area contributed by atoms with Crippen LogP contribution in [0.4, 0.5) is 0 Å². The van der Waals surface area contributed by atoms with Crippen molar-refractivity contribution < 1.29 is 4.79 Å². The zero-order valence-electron chi connectivity index (χ0n) is 11.2. The molecule has 0 saturated carbocycles. The van der Waals surface area contributed by atoms with Crippen molar-refractivity contribution in [2.75, 3.05) is 13.1 Å². The molecule has 4 heteroatoms. The molecule has 0 radical (unpaired) electrons. The van der Waals surface area contributed by atoms with Crippen LogP contribution in [0.25, 0.3) is 0 Å². The third-order valence-electron chi connectivity index (χ3n) is 4.26. The minimum absolute atomic E-state index is 0.0963. The summed E-state index contributed by atoms with van der Waals surface area (Å²) in [4.78, 5) is 18.9. The maximum absolute atomic E-state index is 12.6. The molecule has 1 amide bonds. The van der Waals surface area contributed by atoms with Gasteiger partial charge in [-0.25, -0.2) is 0 Å². The lowest BCUT2D eigenvalue weighted by Gasteiger charge is -2.39. The number of rotatable bonds is 2. The first kappa shape index (κ1) is 12.6. The summed E-state index contributed by atoms with van der Waals surface area (Å²) in [5.41, 5.74) is 0.576. The highest BCUT2D eigenvalue weighted by molar-refractivity contribution is 5.92. The molecule has 0 spiro atoms. The number of carbonyl (C=O) groups excluding carboxylic acids is 1. The Morgan fingerprint density at radius 1 is 1.26 bits per heavy atom. The Morgan fingerprint density at radius 2 is 2.21 bits per heavy atom. The number of likely N-dealkylation sites (tertiary alicyclic amines) is 1. The summed E-state index contributed by atoms with van der Waals surface area (Å²) < 4.78 is 0. The number of aromatic nitrogens is 1. The fourth-order valence-electron chi connectivity index (χ4n) is 3.30. The second-order valence-electron chi connectivity index (χ2n) is 5.48. The first-order valence-corrected chi connectivity index (χ1v) is 7.31. The summed E-state index contributed by atoms with van der Waals surface area (Å²) >= 11 is 0. The molecule has 2 unspecified atom stereocenters. The van der Waals surface area contributed by atoms with Crippen LogP contribution in [0.5, 0.6) is 0 Å². The number of pyridine rings is 1. The summed E-state index contributed by atoms with van der Waals surface area (Å²) in [6, 6.07) is 6.38. The Morgan fingerprint density at radius 3 is 2.95 bits per heavy atom. The molecule has 2 atom stereocenters. The molecule has 2 fully saturated rings. The van der Waals surface area contributed by atoms with E-state index < -0.39 is 0 Å². The fourth-order valence-corrected chi connectivity index (χ4v) is 3.30. The highest BCUT2D eigenvalue weighted by atomic mass is 16.2. The Labute approximate surface area is 114 Å². The van der Waals surface area contributed by atoms with Crippen molar-refractivity contribution in [1.82, 2.24) is 15.2 Å². The molecule has 3 rings (SSSR count). The quantitative estimate of drug-likeness (QED) is 0.881. The number of piperidine rings is 1. The smallest absolute Gasteiger partial charge is 0.272 e. The number of hydrogen-bond donors (Lipinski definition) is 1. The summed E-state index contributed by atoms with van der Waals surface area (Å²) in [6.45, 7) is 1.96. The molecule has 2 aliphatic heterocycles. The van der Waals surface area contributed by atoms with Crippen LogP contribution in [0.2, 0.25) is 0 Å².